The summed E-state index contributed by atoms with van der Waals surface area (Å²) in [7, 11) is 1.57. The second-order valence-corrected chi connectivity index (χ2v) is 6.35. The van der Waals surface area contributed by atoms with E-state index < -0.39 is 5.91 Å². The monoisotopic (exact) mass is 384 g/mol. The Morgan fingerprint density at radius 2 is 1.93 bits per heavy atom. The van der Waals surface area contributed by atoms with Crippen molar-refractivity contribution in [1.82, 2.24) is 9.97 Å². The molecule has 0 radical (unpaired) electrons. The molecule has 3 N–H and O–H groups in total. The number of pyridine rings is 1. The van der Waals surface area contributed by atoms with Gasteiger partial charge < -0.3 is 15.0 Å². The van der Waals surface area contributed by atoms with Crippen LogP contribution in [-0.2, 0) is 11.2 Å². The van der Waals surface area contributed by atoms with E-state index in [9.17, 15) is 14.4 Å². The first-order valence-electron chi connectivity index (χ1n) is 7.92. The van der Waals surface area contributed by atoms with Gasteiger partial charge in [-0.1, -0.05) is 0 Å². The number of carbonyl (C=O) groups is 2. The Balaban J connectivity index is 1.56. The summed E-state index contributed by atoms with van der Waals surface area (Å²) in [5, 5.41) is 7.48. The molecule has 138 valence electrons. The SMILES string of the molecule is COc1ccc(NC(=O)Cc2csc(NC(=O)c3ccc(=O)[nH]c3)n2)cc1. The van der Waals surface area contributed by atoms with E-state index >= 15 is 0 Å². The van der Waals surface area contributed by atoms with Crippen LogP contribution in [0.4, 0.5) is 10.8 Å². The summed E-state index contributed by atoms with van der Waals surface area (Å²) in [5.74, 6) is 0.0918. The molecule has 9 heteroatoms. The molecule has 0 unspecified atom stereocenters. The van der Waals surface area contributed by atoms with Gasteiger partial charge in [-0.15, -0.1) is 11.3 Å². The van der Waals surface area contributed by atoms with E-state index in [4.69, 9.17) is 4.74 Å². The number of hydrogen-bond acceptors (Lipinski definition) is 6. The fourth-order valence-corrected chi connectivity index (χ4v) is 2.92. The van der Waals surface area contributed by atoms with Crippen molar-refractivity contribution in [3.8, 4) is 5.75 Å². The molecule has 1 aromatic carbocycles. The van der Waals surface area contributed by atoms with Crippen LogP contribution in [0.1, 0.15) is 16.1 Å². The Morgan fingerprint density at radius 3 is 2.59 bits per heavy atom. The third kappa shape index (κ3) is 5.02. The van der Waals surface area contributed by atoms with Crippen molar-refractivity contribution in [2.75, 3.05) is 17.7 Å². The molecule has 0 spiro atoms. The van der Waals surface area contributed by atoms with Crippen LogP contribution in [0.15, 0.2) is 52.8 Å². The van der Waals surface area contributed by atoms with E-state index in [-0.39, 0.29) is 17.9 Å². The average Bonchev–Trinajstić information content (AvgIpc) is 3.09. The van der Waals surface area contributed by atoms with E-state index in [1.54, 1.807) is 36.8 Å². The Hall–Kier alpha value is -3.46. The predicted molar refractivity (Wildman–Crippen MR) is 102 cm³/mol. The first kappa shape index (κ1) is 18.3. The van der Waals surface area contributed by atoms with Crippen molar-refractivity contribution in [3.05, 3.63) is 69.6 Å². The average molecular weight is 384 g/mol. The van der Waals surface area contributed by atoms with Crippen LogP contribution in [-0.4, -0.2) is 28.9 Å². The number of thiazole rings is 1. The van der Waals surface area contributed by atoms with E-state index in [1.165, 1.54) is 29.7 Å². The van der Waals surface area contributed by atoms with Crippen LogP contribution in [0.5, 0.6) is 5.75 Å². The summed E-state index contributed by atoms with van der Waals surface area (Å²) in [6, 6.07) is 9.68. The van der Waals surface area contributed by atoms with Gasteiger partial charge in [-0.3, -0.25) is 19.7 Å². The Labute approximate surface area is 158 Å². The molecule has 0 aliphatic rings. The fraction of sp³-hybridized carbons (Fsp3) is 0.111. The number of amides is 2. The van der Waals surface area contributed by atoms with Crippen LogP contribution < -0.4 is 20.9 Å². The van der Waals surface area contributed by atoms with Gasteiger partial charge in [0.2, 0.25) is 11.5 Å². The third-order valence-corrected chi connectivity index (χ3v) is 4.34. The standard InChI is InChI=1S/C18H16N4O4S/c1-26-14-5-3-12(4-6-14)20-16(24)8-13-10-27-18(21-13)22-17(25)11-2-7-15(23)19-9-11/h2-7,9-10H,8H2,1H3,(H,19,23)(H,20,24)(H,21,22,25). The van der Waals surface area contributed by atoms with Gasteiger partial charge in [0.05, 0.1) is 24.8 Å². The smallest absolute Gasteiger partial charge is 0.258 e. The molecule has 0 saturated heterocycles. The molecule has 0 bridgehead atoms. The van der Waals surface area contributed by atoms with Gasteiger partial charge in [-0.2, -0.15) is 0 Å². The van der Waals surface area contributed by atoms with Gasteiger partial charge in [-0.05, 0) is 30.3 Å². The number of anilines is 2. The first-order valence-corrected chi connectivity index (χ1v) is 8.80. The summed E-state index contributed by atoms with van der Waals surface area (Å²) >= 11 is 1.22. The number of carbonyl (C=O) groups excluding carboxylic acids is 2. The summed E-state index contributed by atoms with van der Waals surface area (Å²) in [5.41, 5.74) is 1.22. The third-order valence-electron chi connectivity index (χ3n) is 3.53. The van der Waals surface area contributed by atoms with E-state index in [0.29, 0.717) is 27.8 Å². The maximum Gasteiger partial charge on any atom is 0.258 e. The molecule has 0 aliphatic heterocycles. The zero-order valence-electron chi connectivity index (χ0n) is 14.3. The number of aromatic nitrogens is 2. The fourth-order valence-electron chi connectivity index (χ4n) is 2.21. The van der Waals surface area contributed by atoms with Crippen molar-refractivity contribution >= 4 is 34.0 Å². The normalized spacial score (nSPS) is 10.3. The first-order chi connectivity index (χ1) is 13.0. The molecule has 3 rings (SSSR count). The highest BCUT2D eigenvalue weighted by molar-refractivity contribution is 7.14. The molecule has 0 atom stereocenters. The molecule has 27 heavy (non-hydrogen) atoms. The highest BCUT2D eigenvalue weighted by atomic mass is 32.1. The Bertz CT molecular complexity index is 990. The van der Waals surface area contributed by atoms with E-state index in [2.05, 4.69) is 20.6 Å². The number of aromatic amines is 1. The molecule has 3 aromatic rings. The van der Waals surface area contributed by atoms with Gasteiger partial charge in [0, 0.05) is 23.3 Å². The molecular formula is C18H16N4O4S. The van der Waals surface area contributed by atoms with Gasteiger partial charge in [0.1, 0.15) is 5.75 Å². The lowest BCUT2D eigenvalue weighted by Gasteiger charge is -2.05. The molecule has 0 fully saturated rings. The summed E-state index contributed by atoms with van der Waals surface area (Å²) in [6.07, 6.45) is 1.41. The number of H-pyrrole nitrogens is 1. The zero-order valence-corrected chi connectivity index (χ0v) is 15.1. The summed E-state index contributed by atoms with van der Waals surface area (Å²) < 4.78 is 5.07. The lowest BCUT2D eigenvalue weighted by molar-refractivity contribution is -0.115. The number of nitrogens with one attached hydrogen (secondary N) is 3. The largest absolute Gasteiger partial charge is 0.497 e. The highest BCUT2D eigenvalue weighted by Gasteiger charge is 2.11. The number of hydrogen-bond donors (Lipinski definition) is 3. The molecule has 2 aromatic heterocycles. The summed E-state index contributed by atoms with van der Waals surface area (Å²) in [4.78, 5) is 41.9. The second kappa shape index (κ2) is 8.28. The minimum Gasteiger partial charge on any atom is -0.497 e. The van der Waals surface area contributed by atoms with Crippen molar-refractivity contribution in [1.29, 1.82) is 0 Å². The molecule has 0 saturated carbocycles. The van der Waals surface area contributed by atoms with Crippen LogP contribution in [0, 0.1) is 0 Å². The second-order valence-electron chi connectivity index (χ2n) is 5.49. The van der Waals surface area contributed by atoms with Crippen LogP contribution in [0.25, 0.3) is 0 Å². The van der Waals surface area contributed by atoms with Crippen molar-refractivity contribution in [2.45, 2.75) is 6.42 Å². The molecular weight excluding hydrogens is 368 g/mol. The Morgan fingerprint density at radius 1 is 1.15 bits per heavy atom. The van der Waals surface area contributed by atoms with Crippen molar-refractivity contribution in [3.63, 3.8) is 0 Å². The van der Waals surface area contributed by atoms with Crippen LogP contribution in [0.3, 0.4) is 0 Å². The lowest BCUT2D eigenvalue weighted by atomic mass is 10.2. The minimum absolute atomic E-state index is 0.0804. The highest BCUT2D eigenvalue weighted by Crippen LogP contribution is 2.18. The number of benzene rings is 1. The number of methoxy groups -OCH3 is 1. The molecule has 8 nitrogen and oxygen atoms in total. The minimum atomic E-state index is -0.394. The van der Waals surface area contributed by atoms with Crippen molar-refractivity contribution in [2.24, 2.45) is 0 Å². The predicted octanol–water partition coefficient (Wildman–Crippen LogP) is 2.27. The quantitative estimate of drug-likeness (QED) is 0.603. The van der Waals surface area contributed by atoms with Crippen molar-refractivity contribution < 1.29 is 14.3 Å². The van der Waals surface area contributed by atoms with Gasteiger partial charge in [0.15, 0.2) is 5.13 Å². The number of rotatable bonds is 6. The van der Waals surface area contributed by atoms with Gasteiger partial charge in [-0.25, -0.2) is 4.98 Å². The van der Waals surface area contributed by atoms with Crippen LogP contribution in [0.2, 0.25) is 0 Å². The topological polar surface area (TPSA) is 113 Å². The Kier molecular flexibility index (Phi) is 5.62. The van der Waals surface area contributed by atoms with Gasteiger partial charge >= 0.3 is 0 Å². The summed E-state index contributed by atoms with van der Waals surface area (Å²) in [6.45, 7) is 0. The zero-order chi connectivity index (χ0) is 19.2. The van der Waals surface area contributed by atoms with E-state index in [0.717, 1.165) is 0 Å². The van der Waals surface area contributed by atoms with E-state index in [1.807, 2.05) is 0 Å². The maximum absolute atomic E-state index is 12.1. The number of nitrogens with zero attached hydrogens (tertiary/aromatic N) is 1. The molecule has 2 heterocycles. The lowest BCUT2D eigenvalue weighted by Crippen LogP contribution is -2.15. The maximum atomic E-state index is 12.1. The van der Waals surface area contributed by atoms with Crippen LogP contribution >= 0.6 is 11.3 Å². The molecule has 2 amide bonds. The molecule has 0 aliphatic carbocycles. The number of ether oxygens (including phenoxy) is 1. The van der Waals surface area contributed by atoms with Gasteiger partial charge in [0.25, 0.3) is 5.91 Å².